The van der Waals surface area contributed by atoms with Gasteiger partial charge >= 0.3 is 0 Å². The summed E-state index contributed by atoms with van der Waals surface area (Å²) >= 11 is 8.68. The SMILES string of the molecule is CC(CBr)c1cc(Br)cs1. The quantitative estimate of drug-likeness (QED) is 0.720. The van der Waals surface area contributed by atoms with E-state index in [0.29, 0.717) is 5.92 Å². The Bertz CT molecular complexity index is 207. The van der Waals surface area contributed by atoms with E-state index in [4.69, 9.17) is 0 Å². The van der Waals surface area contributed by atoms with E-state index in [9.17, 15) is 0 Å². The second-order valence-corrected chi connectivity index (χ2v) is 4.73. The van der Waals surface area contributed by atoms with Crippen LogP contribution in [0.15, 0.2) is 15.9 Å². The van der Waals surface area contributed by atoms with Gasteiger partial charge in [-0.1, -0.05) is 22.9 Å². The highest BCUT2D eigenvalue weighted by atomic mass is 79.9. The maximum absolute atomic E-state index is 3.45. The minimum Gasteiger partial charge on any atom is -0.147 e. The summed E-state index contributed by atoms with van der Waals surface area (Å²) < 4.78 is 1.19. The molecule has 0 saturated heterocycles. The highest BCUT2D eigenvalue weighted by Crippen LogP contribution is 2.27. The lowest BCUT2D eigenvalue weighted by molar-refractivity contribution is 0.912. The van der Waals surface area contributed by atoms with E-state index in [0.717, 1.165) is 5.33 Å². The summed E-state index contributed by atoms with van der Waals surface area (Å²) in [5, 5.41) is 3.16. The Kier molecular flexibility index (Phi) is 3.40. The minimum absolute atomic E-state index is 0.635. The second-order valence-electron chi connectivity index (χ2n) is 2.22. The number of halogens is 2. The van der Waals surface area contributed by atoms with E-state index in [2.05, 4.69) is 50.2 Å². The molecule has 1 aromatic heterocycles. The molecule has 0 aliphatic carbocycles. The molecule has 0 amide bonds. The highest BCUT2D eigenvalue weighted by Gasteiger charge is 2.04. The third-order valence-electron chi connectivity index (χ3n) is 1.30. The molecule has 0 fully saturated rings. The standard InChI is InChI=1S/C7H8Br2S/c1-5(3-8)7-2-6(9)4-10-7/h2,4-5H,3H2,1H3. The zero-order chi connectivity index (χ0) is 7.56. The molecule has 0 nitrogen and oxygen atoms in total. The van der Waals surface area contributed by atoms with E-state index in [1.165, 1.54) is 9.35 Å². The van der Waals surface area contributed by atoms with Gasteiger partial charge in [-0.15, -0.1) is 11.3 Å². The molecule has 1 aromatic rings. The van der Waals surface area contributed by atoms with Gasteiger partial charge in [0.15, 0.2) is 0 Å². The van der Waals surface area contributed by atoms with Crippen LogP contribution in [0.1, 0.15) is 17.7 Å². The molecule has 56 valence electrons. The molecule has 1 heterocycles. The maximum atomic E-state index is 3.45. The Morgan fingerprint density at radius 1 is 1.70 bits per heavy atom. The van der Waals surface area contributed by atoms with Crippen molar-refractivity contribution in [2.75, 3.05) is 5.33 Å². The van der Waals surface area contributed by atoms with Crippen molar-refractivity contribution in [2.45, 2.75) is 12.8 Å². The van der Waals surface area contributed by atoms with Gasteiger partial charge in [-0.05, 0) is 22.0 Å². The Labute approximate surface area is 81.9 Å². The summed E-state index contributed by atoms with van der Waals surface area (Å²) in [7, 11) is 0. The molecule has 0 radical (unpaired) electrons. The van der Waals surface area contributed by atoms with Crippen molar-refractivity contribution in [3.05, 3.63) is 20.8 Å². The van der Waals surface area contributed by atoms with Gasteiger partial charge in [0.1, 0.15) is 0 Å². The van der Waals surface area contributed by atoms with Crippen LogP contribution in [-0.4, -0.2) is 5.33 Å². The lowest BCUT2D eigenvalue weighted by atomic mass is 10.2. The van der Waals surface area contributed by atoms with Crippen LogP contribution < -0.4 is 0 Å². The number of hydrogen-bond acceptors (Lipinski definition) is 1. The molecule has 3 heteroatoms. The van der Waals surface area contributed by atoms with Crippen LogP contribution in [0, 0.1) is 0 Å². The van der Waals surface area contributed by atoms with Gasteiger partial charge in [0.05, 0.1) is 0 Å². The topological polar surface area (TPSA) is 0 Å². The third-order valence-corrected chi connectivity index (χ3v) is 4.20. The average Bonchev–Trinajstić information content (AvgIpc) is 2.34. The molecule has 0 aliphatic rings. The van der Waals surface area contributed by atoms with Gasteiger partial charge in [0.25, 0.3) is 0 Å². The van der Waals surface area contributed by atoms with Crippen LogP contribution in [0.25, 0.3) is 0 Å². The summed E-state index contributed by atoms with van der Waals surface area (Å²) in [6.07, 6.45) is 0. The summed E-state index contributed by atoms with van der Waals surface area (Å²) in [5.41, 5.74) is 0. The van der Waals surface area contributed by atoms with Crippen molar-refractivity contribution in [3.63, 3.8) is 0 Å². The molecule has 0 aromatic carbocycles. The van der Waals surface area contributed by atoms with Crippen molar-refractivity contribution >= 4 is 43.2 Å². The fourth-order valence-electron chi connectivity index (χ4n) is 0.663. The van der Waals surface area contributed by atoms with Crippen molar-refractivity contribution in [1.29, 1.82) is 0 Å². The number of thiophene rings is 1. The van der Waals surface area contributed by atoms with Crippen LogP contribution >= 0.6 is 43.2 Å². The predicted octanol–water partition coefficient (Wildman–Crippen LogP) is 4.01. The number of hydrogen-bond donors (Lipinski definition) is 0. The fourth-order valence-corrected chi connectivity index (χ4v) is 2.73. The maximum Gasteiger partial charge on any atom is 0.0285 e. The van der Waals surface area contributed by atoms with Crippen LogP contribution in [-0.2, 0) is 0 Å². The van der Waals surface area contributed by atoms with Crippen molar-refractivity contribution in [1.82, 2.24) is 0 Å². The zero-order valence-corrected chi connectivity index (χ0v) is 9.59. The van der Waals surface area contributed by atoms with E-state index < -0.39 is 0 Å². The van der Waals surface area contributed by atoms with Gasteiger partial charge in [0, 0.05) is 26.0 Å². The summed E-state index contributed by atoms with van der Waals surface area (Å²) in [4.78, 5) is 1.43. The first kappa shape index (κ1) is 8.75. The largest absolute Gasteiger partial charge is 0.147 e. The Morgan fingerprint density at radius 2 is 2.40 bits per heavy atom. The first-order chi connectivity index (χ1) is 4.74. The third kappa shape index (κ3) is 2.07. The number of rotatable bonds is 2. The Hall–Kier alpha value is 0.660. The molecular formula is C7H8Br2S. The molecule has 1 atom stereocenters. The van der Waals surface area contributed by atoms with Crippen molar-refractivity contribution in [2.24, 2.45) is 0 Å². The monoisotopic (exact) mass is 282 g/mol. The smallest absolute Gasteiger partial charge is 0.0285 e. The molecule has 0 N–H and O–H groups in total. The van der Waals surface area contributed by atoms with Gasteiger partial charge in [-0.25, -0.2) is 0 Å². The Balaban J connectivity index is 2.74. The molecule has 1 rings (SSSR count). The zero-order valence-electron chi connectivity index (χ0n) is 5.60. The highest BCUT2D eigenvalue weighted by molar-refractivity contribution is 9.10. The first-order valence-electron chi connectivity index (χ1n) is 3.04. The van der Waals surface area contributed by atoms with Gasteiger partial charge < -0.3 is 0 Å². The van der Waals surface area contributed by atoms with Gasteiger partial charge in [-0.2, -0.15) is 0 Å². The predicted molar refractivity (Wildman–Crippen MR) is 54.2 cm³/mol. The fraction of sp³-hybridized carbons (Fsp3) is 0.429. The molecule has 0 saturated carbocycles. The molecule has 10 heavy (non-hydrogen) atoms. The van der Waals surface area contributed by atoms with E-state index in [-0.39, 0.29) is 0 Å². The second kappa shape index (κ2) is 3.88. The first-order valence-corrected chi connectivity index (χ1v) is 5.83. The normalized spacial score (nSPS) is 13.5. The lowest BCUT2D eigenvalue weighted by Gasteiger charge is -2.01. The summed E-state index contributed by atoms with van der Waals surface area (Å²) in [6.45, 7) is 2.22. The van der Waals surface area contributed by atoms with Crippen LogP contribution in [0.4, 0.5) is 0 Å². The Morgan fingerprint density at radius 3 is 2.80 bits per heavy atom. The number of alkyl halides is 1. The molecule has 0 bridgehead atoms. The van der Waals surface area contributed by atoms with Gasteiger partial charge in [-0.3, -0.25) is 0 Å². The van der Waals surface area contributed by atoms with Gasteiger partial charge in [0.2, 0.25) is 0 Å². The molecule has 0 aliphatic heterocycles. The van der Waals surface area contributed by atoms with Crippen LogP contribution in [0.3, 0.4) is 0 Å². The van der Waals surface area contributed by atoms with Crippen LogP contribution in [0.5, 0.6) is 0 Å². The molecule has 0 spiro atoms. The van der Waals surface area contributed by atoms with E-state index in [1.807, 2.05) is 0 Å². The van der Waals surface area contributed by atoms with Crippen molar-refractivity contribution in [3.8, 4) is 0 Å². The lowest BCUT2D eigenvalue weighted by Crippen LogP contribution is -1.88. The van der Waals surface area contributed by atoms with E-state index in [1.54, 1.807) is 11.3 Å². The summed E-state index contributed by atoms with van der Waals surface area (Å²) in [5.74, 6) is 0.635. The van der Waals surface area contributed by atoms with Crippen molar-refractivity contribution < 1.29 is 0 Å². The summed E-state index contributed by atoms with van der Waals surface area (Å²) in [6, 6.07) is 2.18. The average molecular weight is 284 g/mol. The molecule has 1 unspecified atom stereocenters. The molecular weight excluding hydrogens is 276 g/mol. The van der Waals surface area contributed by atoms with E-state index >= 15 is 0 Å². The minimum atomic E-state index is 0.635. The van der Waals surface area contributed by atoms with Crippen LogP contribution in [0.2, 0.25) is 0 Å².